The summed E-state index contributed by atoms with van der Waals surface area (Å²) >= 11 is 6.26. The van der Waals surface area contributed by atoms with Gasteiger partial charge in [0.1, 0.15) is 21.4 Å². The lowest BCUT2D eigenvalue weighted by Gasteiger charge is -2.13. The van der Waals surface area contributed by atoms with Crippen molar-refractivity contribution >= 4 is 41.7 Å². The lowest BCUT2D eigenvalue weighted by molar-refractivity contribution is 0.548. The van der Waals surface area contributed by atoms with E-state index in [1.54, 1.807) is 0 Å². The monoisotopic (exact) mass is 438 g/mol. The van der Waals surface area contributed by atoms with Crippen LogP contribution in [0.1, 0.15) is 11.1 Å². The Bertz CT molecular complexity index is 717. The minimum absolute atomic E-state index is 0.150. The summed E-state index contributed by atoms with van der Waals surface area (Å²) < 4.78 is 53.5. The fourth-order valence-electron chi connectivity index (χ4n) is 2.02. The minimum Gasteiger partial charge on any atom is -0.218 e. The Balaban J connectivity index is 2.81. The Morgan fingerprint density at radius 3 is 1.52 bits per heavy atom. The van der Waals surface area contributed by atoms with Gasteiger partial charge in [-0.05, 0) is 23.3 Å². The number of rotatable bonds is 4. The number of alkyl halides is 2. The van der Waals surface area contributed by atoms with Crippen LogP contribution in [0.4, 0.5) is 8.78 Å². The molecule has 0 atom stereocenters. The lowest BCUT2D eigenvalue weighted by Crippen LogP contribution is -2.12. The molecule has 0 saturated carbocycles. The van der Waals surface area contributed by atoms with Gasteiger partial charge >= 0.3 is 0 Å². The van der Waals surface area contributed by atoms with E-state index < -0.39 is 31.3 Å². The van der Waals surface area contributed by atoms with Crippen LogP contribution in [0.2, 0.25) is 0 Å². The molecule has 2 nitrogen and oxygen atoms in total. The molecule has 0 aliphatic carbocycles. The predicted octanol–water partition coefficient (Wildman–Crippen LogP) is 4.59. The van der Waals surface area contributed by atoms with Crippen molar-refractivity contribution in [2.75, 3.05) is 0 Å². The molecule has 7 heteroatoms. The van der Waals surface area contributed by atoms with E-state index in [9.17, 15) is 17.2 Å². The first-order valence-electron chi connectivity index (χ1n) is 5.85. The zero-order valence-corrected chi connectivity index (χ0v) is 14.6. The Morgan fingerprint density at radius 1 is 0.810 bits per heavy atom. The molecule has 2 aromatic carbocycles. The zero-order valence-electron chi connectivity index (χ0n) is 10.6. The second-order valence-corrected chi connectivity index (χ2v) is 7.17. The van der Waals surface area contributed by atoms with E-state index in [-0.39, 0.29) is 21.8 Å². The standard InChI is InChI=1S/C14H10Br2F2O2S/c15-7-9-3-1-5-11(17)13(9)21(19,20)14-10(8-16)4-2-6-12(14)18/h1-6H,7-8H2. The summed E-state index contributed by atoms with van der Waals surface area (Å²) in [5.41, 5.74) is 0.498. The van der Waals surface area contributed by atoms with E-state index in [1.165, 1.54) is 24.3 Å². The van der Waals surface area contributed by atoms with Gasteiger partial charge in [0.05, 0.1) is 0 Å². The molecule has 0 N–H and O–H groups in total. The molecular formula is C14H10Br2F2O2S. The number of benzene rings is 2. The van der Waals surface area contributed by atoms with Crippen molar-refractivity contribution in [1.29, 1.82) is 0 Å². The predicted molar refractivity (Wildman–Crippen MR) is 83.5 cm³/mol. The van der Waals surface area contributed by atoms with Gasteiger partial charge in [-0.3, -0.25) is 0 Å². The van der Waals surface area contributed by atoms with E-state index in [4.69, 9.17) is 0 Å². The molecule has 21 heavy (non-hydrogen) atoms. The number of sulfone groups is 1. The van der Waals surface area contributed by atoms with Crippen molar-refractivity contribution in [3.05, 3.63) is 59.2 Å². The van der Waals surface area contributed by atoms with Gasteiger partial charge < -0.3 is 0 Å². The van der Waals surface area contributed by atoms with Gasteiger partial charge in [-0.25, -0.2) is 17.2 Å². The van der Waals surface area contributed by atoms with Crippen LogP contribution >= 0.6 is 31.9 Å². The highest BCUT2D eigenvalue weighted by atomic mass is 79.9. The molecule has 0 amide bonds. The van der Waals surface area contributed by atoms with Gasteiger partial charge in [-0.2, -0.15) is 0 Å². The van der Waals surface area contributed by atoms with Crippen molar-refractivity contribution in [2.24, 2.45) is 0 Å². The number of hydrogen-bond acceptors (Lipinski definition) is 2. The largest absolute Gasteiger partial charge is 0.218 e. The summed E-state index contributed by atoms with van der Waals surface area (Å²) in [6.07, 6.45) is 0. The van der Waals surface area contributed by atoms with Crippen LogP contribution in [-0.4, -0.2) is 8.42 Å². The van der Waals surface area contributed by atoms with E-state index in [0.717, 1.165) is 12.1 Å². The molecule has 0 fully saturated rings. The maximum atomic E-state index is 14.1. The molecule has 0 unspecified atom stereocenters. The molecule has 0 aliphatic heterocycles. The molecule has 0 aromatic heterocycles. The Labute approximate surface area is 138 Å². The first kappa shape index (κ1) is 16.6. The second kappa shape index (κ2) is 6.54. The fraction of sp³-hybridized carbons (Fsp3) is 0.143. The summed E-state index contributed by atoms with van der Waals surface area (Å²) in [6, 6.07) is 7.90. The van der Waals surface area contributed by atoms with E-state index in [1.807, 2.05) is 0 Å². The molecule has 0 bridgehead atoms. The van der Waals surface area contributed by atoms with Crippen LogP contribution in [-0.2, 0) is 20.5 Å². The molecular weight excluding hydrogens is 430 g/mol. The smallest absolute Gasteiger partial charge is 0.212 e. The van der Waals surface area contributed by atoms with E-state index in [0.29, 0.717) is 0 Å². The van der Waals surface area contributed by atoms with Crippen molar-refractivity contribution < 1.29 is 17.2 Å². The van der Waals surface area contributed by atoms with Crippen molar-refractivity contribution in [1.82, 2.24) is 0 Å². The summed E-state index contributed by atoms with van der Waals surface area (Å²) in [4.78, 5) is -0.983. The average Bonchev–Trinajstić information content (AvgIpc) is 2.45. The SMILES string of the molecule is O=S(=O)(c1c(F)cccc1CBr)c1c(F)cccc1CBr. The van der Waals surface area contributed by atoms with Gasteiger partial charge in [0.2, 0.25) is 9.84 Å². The average molecular weight is 440 g/mol. The zero-order chi connectivity index (χ0) is 15.6. The Kier molecular flexibility index (Phi) is 5.16. The lowest BCUT2D eigenvalue weighted by atomic mass is 10.2. The molecule has 2 aromatic rings. The van der Waals surface area contributed by atoms with Crippen LogP contribution in [0.25, 0.3) is 0 Å². The first-order valence-corrected chi connectivity index (χ1v) is 9.58. The van der Waals surface area contributed by atoms with Crippen molar-refractivity contribution in [3.63, 3.8) is 0 Å². The summed E-state index contributed by atoms with van der Waals surface area (Å²) in [5, 5.41) is 0.300. The van der Waals surface area contributed by atoms with Gasteiger partial charge in [-0.15, -0.1) is 0 Å². The maximum Gasteiger partial charge on any atom is 0.212 e. The summed E-state index contributed by atoms with van der Waals surface area (Å²) in [6.45, 7) is 0. The fourth-order valence-corrected chi connectivity index (χ4v) is 5.15. The Morgan fingerprint density at radius 2 is 1.19 bits per heavy atom. The normalized spacial score (nSPS) is 11.6. The molecule has 0 heterocycles. The highest BCUT2D eigenvalue weighted by Gasteiger charge is 2.29. The third-order valence-electron chi connectivity index (χ3n) is 2.92. The van der Waals surface area contributed by atoms with Crippen LogP contribution < -0.4 is 0 Å². The second-order valence-electron chi connectivity index (χ2n) is 4.23. The summed E-state index contributed by atoms with van der Waals surface area (Å²) in [5.74, 6) is -1.79. The summed E-state index contributed by atoms with van der Waals surface area (Å²) in [7, 11) is -4.30. The minimum atomic E-state index is -4.30. The van der Waals surface area contributed by atoms with Crippen LogP contribution in [0, 0.1) is 11.6 Å². The third-order valence-corrected chi connectivity index (χ3v) is 6.12. The highest BCUT2D eigenvalue weighted by Crippen LogP contribution is 2.32. The topological polar surface area (TPSA) is 34.1 Å². The molecule has 0 aliphatic rings. The highest BCUT2D eigenvalue weighted by molar-refractivity contribution is 9.08. The molecule has 0 radical (unpaired) electrons. The third kappa shape index (κ3) is 3.05. The van der Waals surface area contributed by atoms with Gasteiger partial charge in [0.25, 0.3) is 0 Å². The molecule has 0 saturated heterocycles. The number of hydrogen-bond donors (Lipinski definition) is 0. The quantitative estimate of drug-likeness (QED) is 0.653. The van der Waals surface area contributed by atoms with Gasteiger partial charge in [0, 0.05) is 10.7 Å². The van der Waals surface area contributed by atoms with Gasteiger partial charge in [0.15, 0.2) is 0 Å². The van der Waals surface area contributed by atoms with Crippen molar-refractivity contribution in [3.8, 4) is 0 Å². The van der Waals surface area contributed by atoms with E-state index >= 15 is 0 Å². The number of halogens is 4. The first-order chi connectivity index (χ1) is 9.93. The molecule has 112 valence electrons. The maximum absolute atomic E-state index is 14.1. The molecule has 0 spiro atoms. The Hall–Kier alpha value is -0.790. The van der Waals surface area contributed by atoms with Crippen LogP contribution in [0.3, 0.4) is 0 Å². The van der Waals surface area contributed by atoms with Crippen LogP contribution in [0.15, 0.2) is 46.2 Å². The van der Waals surface area contributed by atoms with Gasteiger partial charge in [-0.1, -0.05) is 56.1 Å². The molecule has 2 rings (SSSR count). The van der Waals surface area contributed by atoms with Crippen LogP contribution in [0.5, 0.6) is 0 Å². The van der Waals surface area contributed by atoms with Crippen molar-refractivity contribution in [2.45, 2.75) is 20.5 Å². The van der Waals surface area contributed by atoms with E-state index in [2.05, 4.69) is 31.9 Å².